The summed E-state index contributed by atoms with van der Waals surface area (Å²) < 4.78 is 11.1. The molecule has 4 heteroatoms. The lowest BCUT2D eigenvalue weighted by molar-refractivity contribution is 0.0922. The predicted octanol–water partition coefficient (Wildman–Crippen LogP) is 3.56. The lowest BCUT2D eigenvalue weighted by atomic mass is 10.2. The van der Waals surface area contributed by atoms with Gasteiger partial charge in [-0.1, -0.05) is 26.0 Å². The third-order valence-electron chi connectivity index (χ3n) is 3.13. The zero-order valence-electron chi connectivity index (χ0n) is 12.5. The van der Waals surface area contributed by atoms with Gasteiger partial charge in [-0.15, -0.1) is 0 Å². The number of ether oxygens (including phenoxy) is 1. The molecule has 0 aliphatic rings. The van der Waals surface area contributed by atoms with Crippen LogP contribution in [0.15, 0.2) is 40.8 Å². The summed E-state index contributed by atoms with van der Waals surface area (Å²) in [6, 6.07) is 11.4. The van der Waals surface area contributed by atoms with Gasteiger partial charge in [0.2, 0.25) is 0 Å². The highest BCUT2D eigenvalue weighted by Crippen LogP contribution is 2.16. The van der Waals surface area contributed by atoms with Crippen LogP contribution in [0.5, 0.6) is 5.75 Å². The van der Waals surface area contributed by atoms with Crippen molar-refractivity contribution in [3.05, 3.63) is 53.5 Å². The first kappa shape index (κ1) is 15.2. The Morgan fingerprint density at radius 3 is 2.57 bits per heavy atom. The number of hydrogen-bond donors (Lipinski definition) is 1. The molecule has 0 aliphatic carbocycles. The van der Waals surface area contributed by atoms with Crippen LogP contribution in [0.4, 0.5) is 0 Å². The summed E-state index contributed by atoms with van der Waals surface area (Å²) in [6.07, 6.45) is 1.91. The fraction of sp³-hybridized carbons (Fsp3) is 0.353. The van der Waals surface area contributed by atoms with Crippen molar-refractivity contribution in [1.82, 2.24) is 5.32 Å². The van der Waals surface area contributed by atoms with Crippen LogP contribution in [-0.2, 0) is 13.0 Å². The molecule has 1 aromatic heterocycles. The van der Waals surface area contributed by atoms with Crippen LogP contribution in [0, 0.1) is 0 Å². The molecule has 0 saturated heterocycles. The summed E-state index contributed by atoms with van der Waals surface area (Å²) in [7, 11) is 0. The van der Waals surface area contributed by atoms with Crippen LogP contribution >= 0.6 is 0 Å². The lowest BCUT2D eigenvalue weighted by Crippen LogP contribution is -2.23. The van der Waals surface area contributed by atoms with E-state index in [1.165, 1.54) is 5.56 Å². The Labute approximate surface area is 125 Å². The molecule has 2 rings (SSSR count). The standard InChI is InChI=1S/C17H21NO3/c1-3-11-18-17(19)16-10-9-15(21-16)12-20-14-7-5-13(4-2)6-8-14/h5-10H,3-4,11-12H2,1-2H3,(H,18,19). The summed E-state index contributed by atoms with van der Waals surface area (Å²) >= 11 is 0. The van der Waals surface area contributed by atoms with E-state index < -0.39 is 0 Å². The minimum Gasteiger partial charge on any atom is -0.486 e. The van der Waals surface area contributed by atoms with Crippen molar-refractivity contribution in [1.29, 1.82) is 0 Å². The Morgan fingerprint density at radius 1 is 1.14 bits per heavy atom. The van der Waals surface area contributed by atoms with Crippen molar-refractivity contribution in [2.24, 2.45) is 0 Å². The molecule has 0 spiro atoms. The highest BCUT2D eigenvalue weighted by molar-refractivity contribution is 5.91. The Hall–Kier alpha value is -2.23. The molecule has 0 fully saturated rings. The monoisotopic (exact) mass is 287 g/mol. The van der Waals surface area contributed by atoms with Gasteiger partial charge in [-0.25, -0.2) is 0 Å². The molecule has 1 amide bonds. The average Bonchev–Trinajstić information content (AvgIpc) is 3.00. The van der Waals surface area contributed by atoms with Gasteiger partial charge >= 0.3 is 0 Å². The van der Waals surface area contributed by atoms with Gasteiger partial charge in [-0.3, -0.25) is 4.79 Å². The summed E-state index contributed by atoms with van der Waals surface area (Å²) in [5, 5.41) is 2.77. The van der Waals surface area contributed by atoms with Crippen molar-refractivity contribution in [3.63, 3.8) is 0 Å². The number of aryl methyl sites for hydroxylation is 1. The van der Waals surface area contributed by atoms with Crippen molar-refractivity contribution in [3.8, 4) is 5.75 Å². The molecule has 0 radical (unpaired) electrons. The number of nitrogens with one attached hydrogen (secondary N) is 1. The van der Waals surface area contributed by atoms with Crippen molar-refractivity contribution >= 4 is 5.91 Å². The third kappa shape index (κ3) is 4.38. The van der Waals surface area contributed by atoms with Crippen molar-refractivity contribution < 1.29 is 13.9 Å². The molecule has 0 saturated carbocycles. The van der Waals surface area contributed by atoms with E-state index in [0.29, 0.717) is 24.7 Å². The molecule has 0 unspecified atom stereocenters. The summed E-state index contributed by atoms with van der Waals surface area (Å²) in [4.78, 5) is 11.7. The van der Waals surface area contributed by atoms with Gasteiger partial charge in [0.1, 0.15) is 18.1 Å². The molecule has 1 aromatic carbocycles. The maximum atomic E-state index is 11.7. The Balaban J connectivity index is 1.88. The van der Waals surface area contributed by atoms with E-state index in [9.17, 15) is 4.79 Å². The number of carbonyl (C=O) groups excluding carboxylic acids is 1. The van der Waals surface area contributed by atoms with Crippen LogP contribution in [-0.4, -0.2) is 12.5 Å². The van der Waals surface area contributed by atoms with Gasteiger partial charge in [-0.05, 0) is 42.7 Å². The molecule has 1 heterocycles. The van der Waals surface area contributed by atoms with Crippen LogP contribution < -0.4 is 10.1 Å². The number of benzene rings is 1. The molecule has 2 aromatic rings. The fourth-order valence-corrected chi connectivity index (χ4v) is 1.88. The molecule has 0 atom stereocenters. The number of rotatable bonds is 7. The zero-order chi connectivity index (χ0) is 15.1. The molecule has 4 nitrogen and oxygen atoms in total. The first-order valence-corrected chi connectivity index (χ1v) is 7.31. The van der Waals surface area contributed by atoms with Gasteiger partial charge in [0.25, 0.3) is 5.91 Å². The summed E-state index contributed by atoms with van der Waals surface area (Å²) in [5.74, 6) is 1.57. The smallest absolute Gasteiger partial charge is 0.286 e. The normalized spacial score (nSPS) is 10.4. The predicted molar refractivity (Wildman–Crippen MR) is 81.5 cm³/mol. The number of furan rings is 1. The first-order valence-electron chi connectivity index (χ1n) is 7.31. The number of carbonyl (C=O) groups is 1. The molecular formula is C17H21NO3. The Morgan fingerprint density at radius 2 is 1.90 bits per heavy atom. The van der Waals surface area contributed by atoms with E-state index in [1.807, 2.05) is 31.2 Å². The second-order valence-corrected chi connectivity index (χ2v) is 4.81. The van der Waals surface area contributed by atoms with Gasteiger partial charge in [0.15, 0.2) is 5.76 Å². The van der Waals surface area contributed by atoms with Gasteiger partial charge < -0.3 is 14.5 Å². The summed E-state index contributed by atoms with van der Waals surface area (Å²) in [6.45, 7) is 5.08. The number of amides is 1. The minimum absolute atomic E-state index is 0.185. The molecule has 0 bridgehead atoms. The zero-order valence-corrected chi connectivity index (χ0v) is 12.5. The van der Waals surface area contributed by atoms with Gasteiger partial charge in [0, 0.05) is 6.54 Å². The quantitative estimate of drug-likeness (QED) is 0.847. The van der Waals surface area contributed by atoms with E-state index in [-0.39, 0.29) is 5.91 Å². The highest BCUT2D eigenvalue weighted by Gasteiger charge is 2.10. The van der Waals surface area contributed by atoms with E-state index in [4.69, 9.17) is 9.15 Å². The van der Waals surface area contributed by atoms with Gasteiger partial charge in [0.05, 0.1) is 0 Å². The van der Waals surface area contributed by atoms with Crippen LogP contribution in [0.1, 0.15) is 42.1 Å². The molecular weight excluding hydrogens is 266 g/mol. The van der Waals surface area contributed by atoms with Crippen LogP contribution in [0.25, 0.3) is 0 Å². The van der Waals surface area contributed by atoms with E-state index in [0.717, 1.165) is 18.6 Å². The maximum absolute atomic E-state index is 11.7. The fourth-order valence-electron chi connectivity index (χ4n) is 1.88. The topological polar surface area (TPSA) is 51.5 Å². The van der Waals surface area contributed by atoms with Crippen molar-refractivity contribution in [2.75, 3.05) is 6.54 Å². The second kappa shape index (κ2) is 7.53. The van der Waals surface area contributed by atoms with E-state index in [2.05, 4.69) is 12.2 Å². The molecule has 1 N–H and O–H groups in total. The van der Waals surface area contributed by atoms with E-state index >= 15 is 0 Å². The SMILES string of the molecule is CCCNC(=O)c1ccc(COc2ccc(CC)cc2)o1. The molecule has 21 heavy (non-hydrogen) atoms. The van der Waals surface area contributed by atoms with Crippen LogP contribution in [0.3, 0.4) is 0 Å². The second-order valence-electron chi connectivity index (χ2n) is 4.81. The lowest BCUT2D eigenvalue weighted by Gasteiger charge is -2.05. The molecule has 112 valence electrons. The average molecular weight is 287 g/mol. The van der Waals surface area contributed by atoms with Gasteiger partial charge in [-0.2, -0.15) is 0 Å². The Kier molecular flexibility index (Phi) is 5.43. The minimum atomic E-state index is -0.185. The Bertz CT molecular complexity index is 572. The largest absolute Gasteiger partial charge is 0.486 e. The third-order valence-corrected chi connectivity index (χ3v) is 3.13. The first-order chi connectivity index (χ1) is 10.2. The van der Waals surface area contributed by atoms with Crippen molar-refractivity contribution in [2.45, 2.75) is 33.3 Å². The maximum Gasteiger partial charge on any atom is 0.286 e. The summed E-state index contributed by atoms with van der Waals surface area (Å²) in [5.41, 5.74) is 1.27. The molecule has 0 aliphatic heterocycles. The highest BCUT2D eigenvalue weighted by atomic mass is 16.5. The number of hydrogen-bond acceptors (Lipinski definition) is 3. The van der Waals surface area contributed by atoms with E-state index in [1.54, 1.807) is 12.1 Å². The van der Waals surface area contributed by atoms with Crippen LogP contribution in [0.2, 0.25) is 0 Å².